The quantitative estimate of drug-likeness (QED) is 0.664. The third kappa shape index (κ3) is 3.32. The van der Waals surface area contributed by atoms with Gasteiger partial charge in [-0.05, 0) is 31.9 Å². The van der Waals surface area contributed by atoms with E-state index in [9.17, 15) is 4.79 Å². The van der Waals surface area contributed by atoms with Crippen LogP contribution in [0.1, 0.15) is 30.2 Å². The van der Waals surface area contributed by atoms with Gasteiger partial charge in [0.25, 0.3) is 0 Å². The molecule has 0 aliphatic carbocycles. The van der Waals surface area contributed by atoms with Crippen molar-refractivity contribution < 1.29 is 9.53 Å². The van der Waals surface area contributed by atoms with Crippen LogP contribution in [-0.2, 0) is 16.0 Å². The van der Waals surface area contributed by atoms with Gasteiger partial charge in [-0.1, -0.05) is 42.8 Å². The summed E-state index contributed by atoms with van der Waals surface area (Å²) in [4.78, 5) is 16.9. The van der Waals surface area contributed by atoms with Crippen molar-refractivity contribution in [1.82, 2.24) is 9.38 Å². The second-order valence-corrected chi connectivity index (χ2v) is 6.11. The van der Waals surface area contributed by atoms with Gasteiger partial charge >= 0.3 is 5.97 Å². The van der Waals surface area contributed by atoms with Crippen LogP contribution in [0, 0.1) is 13.8 Å². The van der Waals surface area contributed by atoms with Gasteiger partial charge in [0.15, 0.2) is 0 Å². The van der Waals surface area contributed by atoms with Crippen molar-refractivity contribution in [2.24, 2.45) is 0 Å². The largest absolute Gasteiger partial charge is 0.465 e. The van der Waals surface area contributed by atoms with Crippen LogP contribution in [0.2, 0.25) is 0 Å². The van der Waals surface area contributed by atoms with Crippen LogP contribution < -0.4 is 0 Å². The molecular weight excluding hydrogens is 300 g/mol. The Labute approximate surface area is 142 Å². The molecule has 0 saturated carbocycles. The summed E-state index contributed by atoms with van der Waals surface area (Å²) < 4.78 is 7.27. The maximum absolute atomic E-state index is 12.2. The Hall–Kier alpha value is -2.62. The lowest BCUT2D eigenvalue weighted by molar-refractivity contribution is -0.142. The minimum Gasteiger partial charge on any atom is -0.465 e. The normalized spacial score (nSPS) is 11.0. The average Bonchev–Trinajstić information content (AvgIpc) is 2.91. The zero-order chi connectivity index (χ0) is 17.1. The van der Waals surface area contributed by atoms with Gasteiger partial charge in [-0.3, -0.25) is 4.79 Å². The highest BCUT2D eigenvalue weighted by molar-refractivity contribution is 5.77. The Morgan fingerprint density at radius 3 is 2.50 bits per heavy atom. The van der Waals surface area contributed by atoms with Gasteiger partial charge in [-0.25, -0.2) is 4.98 Å². The topological polar surface area (TPSA) is 43.6 Å². The number of aryl methyl sites for hydroxylation is 2. The molecule has 24 heavy (non-hydrogen) atoms. The molecule has 3 rings (SSSR count). The lowest BCUT2D eigenvalue weighted by Gasteiger charge is -2.07. The highest BCUT2D eigenvalue weighted by Crippen LogP contribution is 2.26. The van der Waals surface area contributed by atoms with Crippen molar-refractivity contribution >= 4 is 11.6 Å². The van der Waals surface area contributed by atoms with E-state index in [0.717, 1.165) is 34.6 Å². The van der Waals surface area contributed by atoms with E-state index in [1.807, 2.05) is 48.7 Å². The maximum Gasteiger partial charge on any atom is 0.311 e. The number of imidazole rings is 1. The highest BCUT2D eigenvalue weighted by atomic mass is 16.5. The molecule has 0 spiro atoms. The van der Waals surface area contributed by atoms with Crippen molar-refractivity contribution in [3.8, 4) is 11.3 Å². The molecule has 1 aromatic carbocycles. The fourth-order valence-electron chi connectivity index (χ4n) is 2.71. The summed E-state index contributed by atoms with van der Waals surface area (Å²) in [5.41, 5.74) is 5.89. The van der Waals surface area contributed by atoms with E-state index in [4.69, 9.17) is 9.72 Å². The number of carbonyl (C=O) groups excluding carboxylic acids is 1. The molecule has 0 saturated heterocycles. The summed E-state index contributed by atoms with van der Waals surface area (Å²) in [5.74, 6) is -0.214. The van der Waals surface area contributed by atoms with E-state index in [1.165, 1.54) is 5.56 Å². The molecule has 124 valence electrons. The van der Waals surface area contributed by atoms with Crippen molar-refractivity contribution in [3.05, 3.63) is 59.4 Å². The first-order valence-corrected chi connectivity index (χ1v) is 8.28. The fourth-order valence-corrected chi connectivity index (χ4v) is 2.71. The number of aromatic nitrogens is 2. The third-order valence-corrected chi connectivity index (χ3v) is 3.97. The van der Waals surface area contributed by atoms with Gasteiger partial charge in [-0.2, -0.15) is 0 Å². The predicted octanol–water partition coefficient (Wildman–Crippen LogP) is 4.11. The number of fused-ring (bicyclic) bond motifs is 1. The van der Waals surface area contributed by atoms with Gasteiger partial charge in [-0.15, -0.1) is 0 Å². The second kappa shape index (κ2) is 6.87. The van der Waals surface area contributed by atoms with Crippen LogP contribution in [0.4, 0.5) is 0 Å². The Morgan fingerprint density at radius 2 is 1.79 bits per heavy atom. The first kappa shape index (κ1) is 16.2. The molecule has 0 N–H and O–H groups in total. The van der Waals surface area contributed by atoms with E-state index in [0.29, 0.717) is 6.61 Å². The molecule has 0 aliphatic heterocycles. The molecule has 0 fully saturated rings. The van der Waals surface area contributed by atoms with Crippen LogP contribution in [0.25, 0.3) is 16.9 Å². The summed E-state index contributed by atoms with van der Waals surface area (Å²) in [6.07, 6.45) is 3.05. The van der Waals surface area contributed by atoms with Gasteiger partial charge in [0, 0.05) is 11.8 Å². The standard InChI is InChI=1S/C20H22N2O2/c1-4-11-24-19(23)12-17-20(16-8-5-14(2)6-9-16)21-18-10-7-15(3)13-22(17)18/h5-10,13H,4,11-12H2,1-3H3. The van der Waals surface area contributed by atoms with Crippen LogP contribution in [0.15, 0.2) is 42.6 Å². The molecule has 4 nitrogen and oxygen atoms in total. The van der Waals surface area contributed by atoms with Crippen LogP contribution >= 0.6 is 0 Å². The van der Waals surface area contributed by atoms with Crippen LogP contribution in [0.3, 0.4) is 0 Å². The van der Waals surface area contributed by atoms with Gasteiger partial charge in [0.1, 0.15) is 5.65 Å². The minimum atomic E-state index is -0.214. The van der Waals surface area contributed by atoms with Crippen LogP contribution in [-0.4, -0.2) is 22.0 Å². The molecule has 4 heteroatoms. The molecule has 0 atom stereocenters. The Morgan fingerprint density at radius 1 is 1.08 bits per heavy atom. The SMILES string of the molecule is CCCOC(=O)Cc1c(-c2ccc(C)cc2)nc2ccc(C)cn12. The highest BCUT2D eigenvalue weighted by Gasteiger charge is 2.17. The molecule has 0 radical (unpaired) electrons. The number of ether oxygens (including phenoxy) is 1. The number of hydrogen-bond acceptors (Lipinski definition) is 3. The Kier molecular flexibility index (Phi) is 4.65. The molecule has 0 amide bonds. The zero-order valence-electron chi connectivity index (χ0n) is 14.4. The van der Waals surface area contributed by atoms with E-state index in [2.05, 4.69) is 19.1 Å². The predicted molar refractivity (Wildman–Crippen MR) is 95.1 cm³/mol. The van der Waals surface area contributed by atoms with Crippen molar-refractivity contribution in [3.63, 3.8) is 0 Å². The maximum atomic E-state index is 12.2. The molecule has 2 aromatic heterocycles. The first-order valence-electron chi connectivity index (χ1n) is 8.28. The van der Waals surface area contributed by atoms with Gasteiger partial charge < -0.3 is 9.14 Å². The van der Waals surface area contributed by atoms with E-state index < -0.39 is 0 Å². The first-order chi connectivity index (χ1) is 11.6. The van der Waals surface area contributed by atoms with E-state index >= 15 is 0 Å². The summed E-state index contributed by atoms with van der Waals surface area (Å²) in [6, 6.07) is 12.2. The van der Waals surface area contributed by atoms with Crippen molar-refractivity contribution in [2.75, 3.05) is 6.61 Å². The van der Waals surface area contributed by atoms with E-state index in [-0.39, 0.29) is 12.4 Å². The van der Waals surface area contributed by atoms with Gasteiger partial charge in [0.2, 0.25) is 0 Å². The molecular formula is C20H22N2O2. The lowest BCUT2D eigenvalue weighted by atomic mass is 10.1. The number of carbonyl (C=O) groups is 1. The lowest BCUT2D eigenvalue weighted by Crippen LogP contribution is -2.11. The summed E-state index contributed by atoms with van der Waals surface area (Å²) in [5, 5.41) is 0. The average molecular weight is 322 g/mol. The Balaban J connectivity index is 2.08. The molecule has 0 bridgehead atoms. The number of rotatable bonds is 5. The smallest absolute Gasteiger partial charge is 0.311 e. The summed E-state index contributed by atoms with van der Waals surface area (Å²) >= 11 is 0. The van der Waals surface area contributed by atoms with Gasteiger partial charge in [0.05, 0.1) is 24.4 Å². The number of esters is 1. The van der Waals surface area contributed by atoms with Crippen molar-refractivity contribution in [2.45, 2.75) is 33.6 Å². The second-order valence-electron chi connectivity index (χ2n) is 6.11. The minimum absolute atomic E-state index is 0.214. The number of pyridine rings is 1. The number of hydrogen-bond donors (Lipinski definition) is 0. The molecule has 0 unspecified atom stereocenters. The Bertz CT molecular complexity index is 863. The van der Waals surface area contributed by atoms with E-state index in [1.54, 1.807) is 0 Å². The zero-order valence-corrected chi connectivity index (χ0v) is 14.4. The molecule has 2 heterocycles. The van der Waals surface area contributed by atoms with Crippen molar-refractivity contribution in [1.29, 1.82) is 0 Å². The van der Waals surface area contributed by atoms with Crippen LogP contribution in [0.5, 0.6) is 0 Å². The third-order valence-electron chi connectivity index (χ3n) is 3.97. The monoisotopic (exact) mass is 322 g/mol. The summed E-state index contributed by atoms with van der Waals surface area (Å²) in [7, 11) is 0. The number of nitrogens with zero attached hydrogens (tertiary/aromatic N) is 2. The molecule has 0 aliphatic rings. The molecule has 3 aromatic rings. The summed E-state index contributed by atoms with van der Waals surface area (Å²) in [6.45, 7) is 6.53. The number of benzene rings is 1. The fraction of sp³-hybridized carbons (Fsp3) is 0.300.